The van der Waals surface area contributed by atoms with Gasteiger partial charge in [-0.2, -0.15) is 0 Å². The van der Waals surface area contributed by atoms with Gasteiger partial charge >= 0.3 is 0 Å². The van der Waals surface area contributed by atoms with E-state index in [-0.39, 0.29) is 0 Å². The highest BCUT2D eigenvalue weighted by Gasteiger charge is 2.52. The average molecular weight is 412 g/mol. The van der Waals surface area contributed by atoms with Crippen LogP contribution in [-0.4, -0.2) is 56.1 Å². The molecule has 2 saturated carbocycles. The van der Waals surface area contributed by atoms with Crippen molar-refractivity contribution in [1.82, 2.24) is 4.90 Å². The van der Waals surface area contributed by atoms with Gasteiger partial charge in [-0.05, 0) is 85.0 Å². The van der Waals surface area contributed by atoms with E-state index in [4.69, 9.17) is 9.47 Å². The summed E-state index contributed by atoms with van der Waals surface area (Å²) in [6, 6.07) is 6.11. The van der Waals surface area contributed by atoms with Crippen LogP contribution in [0.4, 0.5) is 0 Å². The van der Waals surface area contributed by atoms with Crippen molar-refractivity contribution in [3.63, 3.8) is 0 Å². The minimum absolute atomic E-state index is 0.364. The van der Waals surface area contributed by atoms with E-state index in [0.29, 0.717) is 17.1 Å². The smallest absolute Gasteiger partial charge is 0.115 e. The molecule has 1 aliphatic heterocycles. The molecule has 1 saturated heterocycles. The van der Waals surface area contributed by atoms with E-state index in [1.165, 1.54) is 43.2 Å². The zero-order chi connectivity index (χ0) is 20.6. The molecule has 4 atom stereocenters. The second-order valence-electron chi connectivity index (χ2n) is 10.1. The first-order valence-electron chi connectivity index (χ1n) is 12.0. The molecule has 1 heterocycles. The summed E-state index contributed by atoms with van der Waals surface area (Å²) in [5, 5.41) is 9.88. The standard InChI is InChI=1S/C26H37NO3/c1-26-10-8-23-22-6-4-21(28)18-19(22)2-5-24(23)25(26)7-3-20(26)9-14-29-15-11-27-12-16-30-17-13-27/h4,6,9,18,23-25,28H,2-3,5,7-8,10-17H2,1H3/t23-,24-,25+,26-/m1/s1. The van der Waals surface area contributed by atoms with Gasteiger partial charge in [0.2, 0.25) is 0 Å². The Morgan fingerprint density at radius 3 is 2.93 bits per heavy atom. The van der Waals surface area contributed by atoms with Gasteiger partial charge in [0.15, 0.2) is 0 Å². The summed E-state index contributed by atoms with van der Waals surface area (Å²) in [6.07, 6.45) is 9.99. The van der Waals surface area contributed by atoms with Crippen molar-refractivity contribution in [1.29, 1.82) is 0 Å². The largest absolute Gasteiger partial charge is 0.508 e. The summed E-state index contributed by atoms with van der Waals surface area (Å²) >= 11 is 0. The predicted molar refractivity (Wildman–Crippen MR) is 119 cm³/mol. The molecule has 0 spiro atoms. The van der Waals surface area contributed by atoms with Gasteiger partial charge in [0.1, 0.15) is 5.75 Å². The number of aryl methyl sites for hydroxylation is 1. The van der Waals surface area contributed by atoms with E-state index < -0.39 is 0 Å². The molecule has 1 aromatic rings. The Morgan fingerprint density at radius 2 is 2.07 bits per heavy atom. The van der Waals surface area contributed by atoms with Gasteiger partial charge in [-0.25, -0.2) is 0 Å². The second-order valence-corrected chi connectivity index (χ2v) is 10.1. The number of rotatable bonds is 5. The first-order valence-corrected chi connectivity index (χ1v) is 12.0. The molecule has 0 aromatic heterocycles. The topological polar surface area (TPSA) is 41.9 Å². The normalized spacial score (nSPS) is 35.1. The second kappa shape index (κ2) is 8.64. The van der Waals surface area contributed by atoms with Crippen molar-refractivity contribution < 1.29 is 14.6 Å². The highest BCUT2D eigenvalue weighted by atomic mass is 16.5. The maximum Gasteiger partial charge on any atom is 0.115 e. The molecule has 4 nitrogen and oxygen atoms in total. The fourth-order valence-electron chi connectivity index (χ4n) is 7.01. The lowest BCUT2D eigenvalue weighted by atomic mass is 9.55. The van der Waals surface area contributed by atoms with E-state index in [0.717, 1.165) is 64.3 Å². The lowest BCUT2D eigenvalue weighted by Crippen LogP contribution is -2.40. The van der Waals surface area contributed by atoms with Crippen LogP contribution in [0.5, 0.6) is 5.75 Å². The number of hydrogen-bond acceptors (Lipinski definition) is 4. The molecule has 4 heteroatoms. The lowest BCUT2D eigenvalue weighted by molar-refractivity contribution is 0.0232. The highest BCUT2D eigenvalue weighted by Crippen LogP contribution is 2.62. The number of ether oxygens (including phenoxy) is 2. The van der Waals surface area contributed by atoms with Crippen LogP contribution < -0.4 is 0 Å². The van der Waals surface area contributed by atoms with E-state index in [1.54, 1.807) is 5.57 Å². The van der Waals surface area contributed by atoms with Gasteiger partial charge in [-0.1, -0.05) is 24.6 Å². The van der Waals surface area contributed by atoms with Crippen molar-refractivity contribution in [2.45, 2.75) is 51.4 Å². The molecule has 0 amide bonds. The number of hydrogen-bond donors (Lipinski definition) is 1. The summed E-state index contributed by atoms with van der Waals surface area (Å²) in [4.78, 5) is 2.44. The van der Waals surface area contributed by atoms with Gasteiger partial charge in [0.05, 0.1) is 26.4 Å². The molecular formula is C26H37NO3. The van der Waals surface area contributed by atoms with Crippen LogP contribution in [-0.2, 0) is 15.9 Å². The highest BCUT2D eigenvalue weighted by molar-refractivity contribution is 5.40. The van der Waals surface area contributed by atoms with E-state index in [9.17, 15) is 5.11 Å². The minimum Gasteiger partial charge on any atom is -0.508 e. The number of allylic oxidation sites excluding steroid dienone is 1. The van der Waals surface area contributed by atoms with Crippen LogP contribution >= 0.6 is 0 Å². The van der Waals surface area contributed by atoms with Crippen LogP contribution in [0.1, 0.15) is 56.1 Å². The van der Waals surface area contributed by atoms with Crippen molar-refractivity contribution in [2.75, 3.05) is 46.1 Å². The quantitative estimate of drug-likeness (QED) is 0.571. The number of fused-ring (bicyclic) bond motifs is 5. The van der Waals surface area contributed by atoms with Crippen molar-refractivity contribution in [3.8, 4) is 5.75 Å². The van der Waals surface area contributed by atoms with Crippen LogP contribution in [0.25, 0.3) is 0 Å². The Bertz CT molecular complexity index is 784. The third kappa shape index (κ3) is 3.83. The average Bonchev–Trinajstić information content (AvgIpc) is 3.10. The summed E-state index contributed by atoms with van der Waals surface area (Å²) in [6.45, 7) is 8.93. The molecule has 5 rings (SSSR count). The predicted octanol–water partition coefficient (Wildman–Crippen LogP) is 4.52. The van der Waals surface area contributed by atoms with E-state index >= 15 is 0 Å². The molecule has 0 bridgehead atoms. The van der Waals surface area contributed by atoms with Crippen molar-refractivity contribution >= 4 is 0 Å². The van der Waals surface area contributed by atoms with Gasteiger partial charge in [-0.3, -0.25) is 4.90 Å². The lowest BCUT2D eigenvalue weighted by Gasteiger charge is -2.49. The number of phenolic OH excluding ortho intramolecular Hbond substituents is 1. The number of nitrogens with zero attached hydrogens (tertiary/aromatic N) is 1. The summed E-state index contributed by atoms with van der Waals surface area (Å²) in [7, 11) is 0. The van der Waals surface area contributed by atoms with Crippen molar-refractivity contribution in [3.05, 3.63) is 41.0 Å². The molecule has 3 aliphatic carbocycles. The number of aromatic hydroxyl groups is 1. The Labute approximate surface area is 181 Å². The number of benzene rings is 1. The minimum atomic E-state index is 0.364. The zero-order valence-electron chi connectivity index (χ0n) is 18.4. The van der Waals surface area contributed by atoms with E-state index in [2.05, 4.69) is 24.0 Å². The van der Waals surface area contributed by atoms with Gasteiger partial charge < -0.3 is 14.6 Å². The molecular weight excluding hydrogens is 374 g/mol. The Morgan fingerprint density at radius 1 is 1.20 bits per heavy atom. The van der Waals surface area contributed by atoms with Crippen LogP contribution in [0.2, 0.25) is 0 Å². The molecule has 1 aromatic carbocycles. The zero-order valence-corrected chi connectivity index (χ0v) is 18.4. The molecule has 30 heavy (non-hydrogen) atoms. The molecule has 4 aliphatic rings. The summed E-state index contributed by atoms with van der Waals surface area (Å²) in [5.41, 5.74) is 4.94. The third-order valence-electron chi connectivity index (χ3n) is 8.66. The van der Waals surface area contributed by atoms with Crippen LogP contribution in [0, 0.1) is 17.3 Å². The maximum absolute atomic E-state index is 9.88. The fourth-order valence-corrected chi connectivity index (χ4v) is 7.01. The Balaban J connectivity index is 1.20. The Hall–Kier alpha value is -1.36. The van der Waals surface area contributed by atoms with Gasteiger partial charge in [-0.15, -0.1) is 0 Å². The van der Waals surface area contributed by atoms with Crippen LogP contribution in [0.15, 0.2) is 29.8 Å². The fraction of sp³-hybridized carbons (Fsp3) is 0.692. The summed E-state index contributed by atoms with van der Waals surface area (Å²) < 4.78 is 11.4. The van der Waals surface area contributed by atoms with Gasteiger partial charge in [0, 0.05) is 19.6 Å². The van der Waals surface area contributed by atoms with Gasteiger partial charge in [0.25, 0.3) is 0 Å². The first kappa shape index (κ1) is 20.5. The van der Waals surface area contributed by atoms with Crippen LogP contribution in [0.3, 0.4) is 0 Å². The van der Waals surface area contributed by atoms with E-state index in [1.807, 2.05) is 12.1 Å². The Kier molecular flexibility index (Phi) is 5.92. The first-order chi connectivity index (χ1) is 14.6. The SMILES string of the molecule is C[C@]12CC[C@@H]3c4ccc(O)cc4CC[C@H]3[C@@H]1CCC2=CCOCCN1CCOCC1. The molecule has 3 fully saturated rings. The maximum atomic E-state index is 9.88. The summed E-state index contributed by atoms with van der Waals surface area (Å²) in [5.74, 6) is 2.72. The molecule has 1 N–H and O–H groups in total. The molecule has 164 valence electrons. The molecule has 0 radical (unpaired) electrons. The molecule has 0 unspecified atom stereocenters. The van der Waals surface area contributed by atoms with Crippen molar-refractivity contribution in [2.24, 2.45) is 17.3 Å². The third-order valence-corrected chi connectivity index (χ3v) is 8.66. The monoisotopic (exact) mass is 411 g/mol. The number of morpholine rings is 1. The number of phenols is 1.